The van der Waals surface area contributed by atoms with E-state index >= 15 is 0 Å². The van der Waals surface area contributed by atoms with Crippen LogP contribution in [0, 0.1) is 0 Å². The molecular weight excluding hydrogens is 350 g/mol. The maximum absolute atomic E-state index is 12.8. The van der Waals surface area contributed by atoms with E-state index in [1.54, 1.807) is 0 Å². The number of nitrogens with zero attached hydrogens (tertiary/aromatic N) is 3. The molecule has 1 atom stereocenters. The summed E-state index contributed by atoms with van der Waals surface area (Å²) in [6.07, 6.45) is 0. The van der Waals surface area contributed by atoms with Gasteiger partial charge < -0.3 is 20.4 Å². The summed E-state index contributed by atoms with van der Waals surface area (Å²) in [4.78, 5) is 19.6. The predicted molar refractivity (Wildman–Crippen MR) is 116 cm³/mol. The van der Waals surface area contributed by atoms with Crippen LogP contribution in [0.4, 0.5) is 10.5 Å². The average molecular weight is 388 g/mol. The standard InChI is InChI=1S/C22H37N5O/c1-18(25-11-13-26(14-12-25)19-9-7-6-8-10-19)15-23-20(28)27-16-21(2,3)24-22(4,5)17-27/h6-10,18,24H,11-17H2,1-5H3,(H,23,28). The number of piperazine rings is 2. The molecule has 2 aliphatic heterocycles. The summed E-state index contributed by atoms with van der Waals surface area (Å²) in [7, 11) is 0. The first kappa shape index (κ1) is 20.9. The zero-order valence-corrected chi connectivity index (χ0v) is 18.2. The summed E-state index contributed by atoms with van der Waals surface area (Å²) in [5.74, 6) is 0. The Morgan fingerprint density at radius 1 is 1.04 bits per heavy atom. The molecule has 0 aliphatic carbocycles. The lowest BCUT2D eigenvalue weighted by molar-refractivity contribution is 0.0942. The number of rotatable bonds is 4. The fourth-order valence-electron chi connectivity index (χ4n) is 4.68. The van der Waals surface area contributed by atoms with Gasteiger partial charge >= 0.3 is 6.03 Å². The highest BCUT2D eigenvalue weighted by Crippen LogP contribution is 2.21. The first-order chi connectivity index (χ1) is 13.2. The third-order valence-corrected chi connectivity index (χ3v) is 5.74. The lowest BCUT2D eigenvalue weighted by atomic mass is 9.92. The molecule has 1 aromatic rings. The average Bonchev–Trinajstić information content (AvgIpc) is 2.64. The topological polar surface area (TPSA) is 50.9 Å². The maximum Gasteiger partial charge on any atom is 0.317 e. The van der Waals surface area contributed by atoms with Crippen LogP contribution < -0.4 is 15.5 Å². The first-order valence-electron chi connectivity index (χ1n) is 10.5. The van der Waals surface area contributed by atoms with Gasteiger partial charge in [0, 0.05) is 68.6 Å². The second kappa shape index (κ2) is 8.29. The van der Waals surface area contributed by atoms with Crippen LogP contribution in [0.3, 0.4) is 0 Å². The summed E-state index contributed by atoms with van der Waals surface area (Å²) < 4.78 is 0. The Bertz CT molecular complexity index is 636. The molecule has 1 unspecified atom stereocenters. The Hall–Kier alpha value is -1.79. The lowest BCUT2D eigenvalue weighted by Crippen LogP contribution is -2.68. The van der Waals surface area contributed by atoms with Gasteiger partial charge in [-0.15, -0.1) is 0 Å². The molecule has 28 heavy (non-hydrogen) atoms. The number of hydrogen-bond donors (Lipinski definition) is 2. The highest BCUT2D eigenvalue weighted by molar-refractivity contribution is 5.74. The molecule has 2 heterocycles. The summed E-state index contributed by atoms with van der Waals surface area (Å²) in [6, 6.07) is 11.0. The van der Waals surface area contributed by atoms with E-state index in [1.807, 2.05) is 4.90 Å². The highest BCUT2D eigenvalue weighted by Gasteiger charge is 2.38. The monoisotopic (exact) mass is 387 g/mol. The van der Waals surface area contributed by atoms with Crippen molar-refractivity contribution in [3.8, 4) is 0 Å². The Morgan fingerprint density at radius 3 is 2.18 bits per heavy atom. The van der Waals surface area contributed by atoms with Gasteiger partial charge in [-0.1, -0.05) is 18.2 Å². The third kappa shape index (κ3) is 5.39. The van der Waals surface area contributed by atoms with Crippen molar-refractivity contribution < 1.29 is 4.79 Å². The quantitative estimate of drug-likeness (QED) is 0.833. The number of benzene rings is 1. The summed E-state index contributed by atoms with van der Waals surface area (Å²) >= 11 is 0. The van der Waals surface area contributed by atoms with Crippen LogP contribution >= 0.6 is 0 Å². The number of amides is 2. The fourth-order valence-corrected chi connectivity index (χ4v) is 4.68. The molecule has 2 fully saturated rings. The van der Waals surface area contributed by atoms with Crippen molar-refractivity contribution in [2.45, 2.75) is 51.7 Å². The normalized spacial score (nSPS) is 23.3. The van der Waals surface area contributed by atoms with Crippen molar-refractivity contribution in [3.05, 3.63) is 30.3 Å². The van der Waals surface area contributed by atoms with E-state index in [0.717, 1.165) is 39.3 Å². The number of urea groups is 1. The smallest absolute Gasteiger partial charge is 0.317 e. The van der Waals surface area contributed by atoms with Crippen LogP contribution in [0.1, 0.15) is 34.6 Å². The molecule has 6 nitrogen and oxygen atoms in total. The number of para-hydroxylation sites is 1. The Kier molecular flexibility index (Phi) is 6.20. The number of carbonyl (C=O) groups excluding carboxylic acids is 1. The predicted octanol–water partition coefficient (Wildman–Crippen LogP) is 2.37. The molecule has 2 saturated heterocycles. The molecule has 6 heteroatoms. The molecule has 3 rings (SSSR count). The Balaban J connectivity index is 1.45. The van der Waals surface area contributed by atoms with E-state index in [0.29, 0.717) is 12.6 Å². The third-order valence-electron chi connectivity index (χ3n) is 5.74. The number of anilines is 1. The van der Waals surface area contributed by atoms with Crippen LogP contribution in [-0.2, 0) is 0 Å². The van der Waals surface area contributed by atoms with Gasteiger partial charge in [0.05, 0.1) is 0 Å². The number of carbonyl (C=O) groups is 1. The van der Waals surface area contributed by atoms with Gasteiger partial charge in [-0.25, -0.2) is 4.79 Å². The first-order valence-corrected chi connectivity index (χ1v) is 10.5. The van der Waals surface area contributed by atoms with E-state index in [2.05, 4.69) is 85.4 Å². The van der Waals surface area contributed by atoms with Crippen molar-refractivity contribution in [1.29, 1.82) is 0 Å². The van der Waals surface area contributed by atoms with E-state index in [9.17, 15) is 4.79 Å². The van der Waals surface area contributed by atoms with Gasteiger partial charge in [0.1, 0.15) is 0 Å². The summed E-state index contributed by atoms with van der Waals surface area (Å²) in [5.41, 5.74) is 1.16. The van der Waals surface area contributed by atoms with E-state index in [1.165, 1.54) is 5.69 Å². The molecule has 2 aliphatic rings. The molecular formula is C22H37N5O. The van der Waals surface area contributed by atoms with Crippen LogP contribution in [0.25, 0.3) is 0 Å². The van der Waals surface area contributed by atoms with Crippen molar-refractivity contribution in [3.63, 3.8) is 0 Å². The molecule has 2 amide bonds. The molecule has 2 N–H and O–H groups in total. The number of hydrogen-bond acceptors (Lipinski definition) is 4. The number of nitrogens with one attached hydrogen (secondary N) is 2. The molecule has 0 saturated carbocycles. The van der Waals surface area contributed by atoms with Crippen molar-refractivity contribution in [1.82, 2.24) is 20.4 Å². The van der Waals surface area contributed by atoms with Crippen LogP contribution in [-0.4, -0.2) is 78.8 Å². The van der Waals surface area contributed by atoms with E-state index < -0.39 is 0 Å². The van der Waals surface area contributed by atoms with Crippen LogP contribution in [0.2, 0.25) is 0 Å². The second-order valence-electron chi connectivity index (χ2n) is 9.64. The molecule has 0 aromatic heterocycles. The summed E-state index contributed by atoms with van der Waals surface area (Å²) in [5, 5.41) is 6.79. The van der Waals surface area contributed by atoms with E-state index in [4.69, 9.17) is 0 Å². The minimum atomic E-state index is -0.0710. The Morgan fingerprint density at radius 2 is 1.61 bits per heavy atom. The van der Waals surface area contributed by atoms with Gasteiger partial charge in [-0.3, -0.25) is 4.90 Å². The second-order valence-corrected chi connectivity index (χ2v) is 9.64. The van der Waals surface area contributed by atoms with Gasteiger partial charge in [0.25, 0.3) is 0 Å². The maximum atomic E-state index is 12.8. The van der Waals surface area contributed by atoms with E-state index in [-0.39, 0.29) is 17.1 Å². The minimum absolute atomic E-state index is 0.0532. The van der Waals surface area contributed by atoms with Gasteiger partial charge in [-0.2, -0.15) is 0 Å². The van der Waals surface area contributed by atoms with Crippen molar-refractivity contribution >= 4 is 11.7 Å². The molecule has 0 radical (unpaired) electrons. The Labute approximate surface area is 170 Å². The van der Waals surface area contributed by atoms with Crippen molar-refractivity contribution in [2.75, 3.05) is 50.7 Å². The van der Waals surface area contributed by atoms with Crippen LogP contribution in [0.5, 0.6) is 0 Å². The molecule has 0 bridgehead atoms. The fraction of sp³-hybridized carbons (Fsp3) is 0.682. The SMILES string of the molecule is CC(CNC(=O)N1CC(C)(C)NC(C)(C)C1)N1CCN(c2ccccc2)CC1. The highest BCUT2D eigenvalue weighted by atomic mass is 16.2. The largest absolute Gasteiger partial charge is 0.369 e. The van der Waals surface area contributed by atoms with Crippen molar-refractivity contribution in [2.24, 2.45) is 0 Å². The van der Waals surface area contributed by atoms with Gasteiger partial charge in [0.15, 0.2) is 0 Å². The molecule has 0 spiro atoms. The molecule has 1 aromatic carbocycles. The molecule has 156 valence electrons. The zero-order valence-electron chi connectivity index (χ0n) is 18.2. The minimum Gasteiger partial charge on any atom is -0.369 e. The zero-order chi connectivity index (χ0) is 20.4. The van der Waals surface area contributed by atoms with Gasteiger partial charge in [-0.05, 0) is 46.8 Å². The lowest BCUT2D eigenvalue weighted by Gasteiger charge is -2.48. The van der Waals surface area contributed by atoms with Crippen LogP contribution in [0.15, 0.2) is 30.3 Å². The summed E-state index contributed by atoms with van der Waals surface area (Å²) in [6.45, 7) is 17.1. The van der Waals surface area contributed by atoms with Gasteiger partial charge in [0.2, 0.25) is 0 Å².